The second-order valence-electron chi connectivity index (χ2n) is 2.24. The molecule has 1 rings (SSSR count). The topological polar surface area (TPSA) is 23.1 Å². The van der Waals surface area contributed by atoms with Crippen LogP contribution in [0.3, 0.4) is 0 Å². The third-order valence-corrected chi connectivity index (χ3v) is 2.37. The van der Waals surface area contributed by atoms with Crippen LogP contribution in [0.15, 0.2) is 36.9 Å². The van der Waals surface area contributed by atoms with Crippen LogP contribution in [0.1, 0.15) is 5.56 Å². The lowest BCUT2D eigenvalue weighted by molar-refractivity contribution is 0.610. The molecule has 0 fully saturated rings. The van der Waals surface area contributed by atoms with E-state index < -0.39 is 11.2 Å². The molecular formula is C9H10OS. The molecule has 0 amide bonds. The third kappa shape index (κ3) is 2.10. The van der Waals surface area contributed by atoms with Crippen molar-refractivity contribution in [2.24, 2.45) is 0 Å². The van der Waals surface area contributed by atoms with Crippen LogP contribution in [0, 0.1) is 0 Å². The lowest BCUT2D eigenvalue weighted by atomic mass is 10.2. The molecule has 0 saturated carbocycles. The average Bonchev–Trinajstić information content (AvgIpc) is 2.05. The van der Waals surface area contributed by atoms with Gasteiger partial charge in [-0.05, 0) is 29.9 Å². The zero-order valence-electron chi connectivity index (χ0n) is 6.41. The maximum absolute atomic E-state index is 11.0. The number of rotatable bonds is 2. The highest BCUT2D eigenvalue weighted by molar-refractivity contribution is 7.99. The highest BCUT2D eigenvalue weighted by atomic mass is 32.2. The van der Waals surface area contributed by atoms with Gasteiger partial charge >= 0.3 is 0 Å². The molecular weight excluding hydrogens is 156 g/mol. The summed E-state index contributed by atoms with van der Waals surface area (Å²) in [5.74, 6) is 0. The predicted octanol–water partition coefficient (Wildman–Crippen LogP) is 2.04. The van der Waals surface area contributed by atoms with Crippen LogP contribution in [-0.2, 0) is 11.2 Å². The molecule has 1 aromatic rings. The van der Waals surface area contributed by atoms with Gasteiger partial charge in [-0.15, -0.1) is 0 Å². The van der Waals surface area contributed by atoms with E-state index in [1.54, 1.807) is 6.26 Å². The molecule has 58 valence electrons. The van der Waals surface area contributed by atoms with Gasteiger partial charge in [0.15, 0.2) is 4.91 Å². The van der Waals surface area contributed by atoms with E-state index in [9.17, 15) is 4.55 Å². The lowest BCUT2D eigenvalue weighted by Gasteiger charge is -2.06. The van der Waals surface area contributed by atoms with Crippen LogP contribution in [0.5, 0.6) is 0 Å². The molecule has 1 nitrogen and oxygen atoms in total. The summed E-state index contributed by atoms with van der Waals surface area (Å²) in [6.45, 7) is 3.72. The van der Waals surface area contributed by atoms with Gasteiger partial charge in [-0.25, -0.2) is 0 Å². The van der Waals surface area contributed by atoms with Gasteiger partial charge in [0.1, 0.15) is 6.26 Å². The standard InChI is InChI=1S/C9H10OS/c1-8(11(2)10)9-6-4-3-5-7-9/h3-7H,1H2,2H3. The maximum atomic E-state index is 11.0. The van der Waals surface area contributed by atoms with E-state index in [2.05, 4.69) is 6.58 Å². The van der Waals surface area contributed by atoms with Gasteiger partial charge in [0.05, 0.1) is 0 Å². The van der Waals surface area contributed by atoms with E-state index in [4.69, 9.17) is 0 Å². The molecule has 0 aliphatic rings. The molecule has 0 aromatic heterocycles. The largest absolute Gasteiger partial charge is 0.612 e. The fourth-order valence-electron chi connectivity index (χ4n) is 0.790. The second kappa shape index (κ2) is 3.60. The zero-order chi connectivity index (χ0) is 8.27. The minimum atomic E-state index is -0.956. The van der Waals surface area contributed by atoms with Crippen LogP contribution in [0.2, 0.25) is 0 Å². The average molecular weight is 166 g/mol. The van der Waals surface area contributed by atoms with Crippen LogP contribution >= 0.6 is 0 Å². The summed E-state index contributed by atoms with van der Waals surface area (Å²) in [5.41, 5.74) is 0.952. The number of hydrogen-bond donors (Lipinski definition) is 0. The Morgan fingerprint density at radius 3 is 2.36 bits per heavy atom. The summed E-state index contributed by atoms with van der Waals surface area (Å²) in [4.78, 5) is 0.686. The molecule has 1 atom stereocenters. The van der Waals surface area contributed by atoms with E-state index >= 15 is 0 Å². The quantitative estimate of drug-likeness (QED) is 0.616. The summed E-state index contributed by atoms with van der Waals surface area (Å²) in [7, 11) is 0. The number of benzene rings is 1. The van der Waals surface area contributed by atoms with Crippen molar-refractivity contribution < 1.29 is 4.55 Å². The molecule has 0 aliphatic heterocycles. The van der Waals surface area contributed by atoms with E-state index in [0.717, 1.165) is 5.56 Å². The molecule has 0 radical (unpaired) electrons. The van der Waals surface area contributed by atoms with Gasteiger partial charge in [-0.3, -0.25) is 0 Å². The van der Waals surface area contributed by atoms with Crippen molar-refractivity contribution in [3.05, 3.63) is 42.5 Å². The van der Waals surface area contributed by atoms with E-state index in [-0.39, 0.29) is 0 Å². The van der Waals surface area contributed by atoms with Gasteiger partial charge < -0.3 is 4.55 Å². The Balaban J connectivity index is 2.86. The minimum Gasteiger partial charge on any atom is -0.612 e. The molecule has 1 unspecified atom stereocenters. The molecule has 0 bridgehead atoms. The van der Waals surface area contributed by atoms with Crippen molar-refractivity contribution in [3.63, 3.8) is 0 Å². The molecule has 0 spiro atoms. The van der Waals surface area contributed by atoms with Crippen molar-refractivity contribution in [2.45, 2.75) is 0 Å². The first kappa shape index (κ1) is 8.37. The first-order valence-corrected chi connectivity index (χ1v) is 4.85. The van der Waals surface area contributed by atoms with Gasteiger partial charge in [0.2, 0.25) is 0 Å². The van der Waals surface area contributed by atoms with Crippen LogP contribution < -0.4 is 0 Å². The fourth-order valence-corrected chi connectivity index (χ4v) is 1.26. The molecule has 0 saturated heterocycles. The molecule has 11 heavy (non-hydrogen) atoms. The smallest absolute Gasteiger partial charge is 0.152 e. The third-order valence-electron chi connectivity index (χ3n) is 1.44. The lowest BCUT2D eigenvalue weighted by Crippen LogP contribution is -1.97. The Morgan fingerprint density at radius 2 is 1.91 bits per heavy atom. The monoisotopic (exact) mass is 166 g/mol. The second-order valence-corrected chi connectivity index (χ2v) is 3.64. The Bertz CT molecular complexity index is 241. The fraction of sp³-hybridized carbons (Fsp3) is 0.111. The molecule has 0 N–H and O–H groups in total. The first-order valence-electron chi connectivity index (χ1n) is 3.29. The Hall–Kier alpha value is -0.730. The molecule has 1 aromatic carbocycles. The summed E-state index contributed by atoms with van der Waals surface area (Å²) in [5, 5.41) is 0. The maximum Gasteiger partial charge on any atom is 0.152 e. The summed E-state index contributed by atoms with van der Waals surface area (Å²) < 4.78 is 11.0. The van der Waals surface area contributed by atoms with E-state index in [0.29, 0.717) is 4.91 Å². The highest BCUT2D eigenvalue weighted by Crippen LogP contribution is 2.16. The van der Waals surface area contributed by atoms with Crippen molar-refractivity contribution >= 4 is 16.1 Å². The van der Waals surface area contributed by atoms with Gasteiger partial charge in [-0.1, -0.05) is 18.2 Å². The Kier molecular flexibility index (Phi) is 2.74. The Labute approximate surface area is 69.9 Å². The van der Waals surface area contributed by atoms with E-state index in [1.165, 1.54) is 0 Å². The number of hydrogen-bond acceptors (Lipinski definition) is 1. The SMILES string of the molecule is C=C(c1ccccc1)[S+](C)[O-]. The van der Waals surface area contributed by atoms with Crippen LogP contribution in [-0.4, -0.2) is 10.8 Å². The predicted molar refractivity (Wildman–Crippen MR) is 49.5 cm³/mol. The Morgan fingerprint density at radius 1 is 1.36 bits per heavy atom. The summed E-state index contributed by atoms with van der Waals surface area (Å²) in [6.07, 6.45) is 1.63. The van der Waals surface area contributed by atoms with Crippen molar-refractivity contribution in [1.29, 1.82) is 0 Å². The minimum absolute atomic E-state index is 0.686. The van der Waals surface area contributed by atoms with Crippen molar-refractivity contribution in [2.75, 3.05) is 6.26 Å². The van der Waals surface area contributed by atoms with Crippen LogP contribution in [0.4, 0.5) is 0 Å². The van der Waals surface area contributed by atoms with E-state index in [1.807, 2.05) is 30.3 Å². The molecule has 0 heterocycles. The summed E-state index contributed by atoms with van der Waals surface area (Å²) >= 11 is -0.956. The molecule has 0 aliphatic carbocycles. The first-order chi connectivity index (χ1) is 5.22. The zero-order valence-corrected chi connectivity index (χ0v) is 7.23. The van der Waals surface area contributed by atoms with Crippen LogP contribution in [0.25, 0.3) is 4.91 Å². The van der Waals surface area contributed by atoms with Crippen molar-refractivity contribution in [1.82, 2.24) is 0 Å². The van der Waals surface area contributed by atoms with Gasteiger partial charge in [0, 0.05) is 5.56 Å². The molecule has 2 heteroatoms. The van der Waals surface area contributed by atoms with Crippen molar-refractivity contribution in [3.8, 4) is 0 Å². The normalized spacial score (nSPS) is 12.5. The van der Waals surface area contributed by atoms with Gasteiger partial charge in [0.25, 0.3) is 0 Å². The summed E-state index contributed by atoms with van der Waals surface area (Å²) in [6, 6.07) is 9.56. The highest BCUT2D eigenvalue weighted by Gasteiger charge is 2.06. The van der Waals surface area contributed by atoms with Gasteiger partial charge in [-0.2, -0.15) is 0 Å².